The standard InChI is InChI=1S/C27H25ClFN3O3S/c1-2-35-22-13-9-20(10-14-22)30-25(33)17-24-26(34)32(21-11-7-19(28)8-12-21)27(36)31(24)16-15-18-5-3-4-6-23(18)29/h3-14,24H,2,15-17H2,1H3,(H,30,33)/t24-/m1/s1. The Morgan fingerprint density at radius 3 is 2.44 bits per heavy atom. The van der Waals surface area contributed by atoms with Crippen molar-refractivity contribution in [2.24, 2.45) is 0 Å². The van der Waals surface area contributed by atoms with Gasteiger partial charge in [-0.05, 0) is 85.7 Å². The summed E-state index contributed by atoms with van der Waals surface area (Å²) in [6.07, 6.45) is 0.207. The lowest BCUT2D eigenvalue weighted by Crippen LogP contribution is -2.39. The summed E-state index contributed by atoms with van der Waals surface area (Å²) in [6.45, 7) is 2.71. The molecule has 1 atom stereocenters. The van der Waals surface area contributed by atoms with Gasteiger partial charge in [-0.25, -0.2) is 4.39 Å². The predicted octanol–water partition coefficient (Wildman–Crippen LogP) is 5.45. The average Bonchev–Trinajstić information content (AvgIpc) is 3.09. The Hall–Kier alpha value is -3.49. The van der Waals surface area contributed by atoms with E-state index in [9.17, 15) is 14.0 Å². The fourth-order valence-corrected chi connectivity index (χ4v) is 4.59. The van der Waals surface area contributed by atoms with Crippen molar-refractivity contribution in [1.29, 1.82) is 0 Å². The fourth-order valence-electron chi connectivity index (χ4n) is 4.05. The number of ether oxygens (including phenoxy) is 1. The van der Waals surface area contributed by atoms with Crippen LogP contribution in [0.3, 0.4) is 0 Å². The number of hydrogen-bond acceptors (Lipinski definition) is 4. The van der Waals surface area contributed by atoms with Crippen molar-refractivity contribution in [3.63, 3.8) is 0 Å². The number of halogens is 2. The molecule has 1 saturated heterocycles. The minimum atomic E-state index is -0.831. The van der Waals surface area contributed by atoms with Gasteiger partial charge in [0.05, 0.1) is 18.7 Å². The van der Waals surface area contributed by atoms with Crippen LogP contribution in [-0.4, -0.2) is 41.0 Å². The summed E-state index contributed by atoms with van der Waals surface area (Å²) >= 11 is 11.7. The van der Waals surface area contributed by atoms with Crippen LogP contribution in [0.15, 0.2) is 72.8 Å². The molecule has 0 radical (unpaired) electrons. The van der Waals surface area contributed by atoms with Gasteiger partial charge in [-0.3, -0.25) is 14.5 Å². The van der Waals surface area contributed by atoms with Crippen molar-refractivity contribution in [2.75, 3.05) is 23.4 Å². The van der Waals surface area contributed by atoms with Crippen LogP contribution in [0.4, 0.5) is 15.8 Å². The zero-order valence-corrected chi connectivity index (χ0v) is 21.2. The highest BCUT2D eigenvalue weighted by molar-refractivity contribution is 7.80. The molecule has 36 heavy (non-hydrogen) atoms. The van der Waals surface area contributed by atoms with Crippen molar-refractivity contribution in [3.05, 3.63) is 89.2 Å². The first kappa shape index (κ1) is 25.6. The number of nitrogens with one attached hydrogen (secondary N) is 1. The Bertz CT molecular complexity index is 1250. The molecule has 0 bridgehead atoms. The number of rotatable bonds is 9. The highest BCUT2D eigenvalue weighted by Crippen LogP contribution is 2.29. The second kappa shape index (κ2) is 11.5. The summed E-state index contributed by atoms with van der Waals surface area (Å²) in [5.74, 6) is -0.287. The molecule has 0 unspecified atom stereocenters. The van der Waals surface area contributed by atoms with Crippen LogP contribution in [0, 0.1) is 5.82 Å². The van der Waals surface area contributed by atoms with Crippen LogP contribution in [0.2, 0.25) is 5.02 Å². The molecule has 0 aromatic heterocycles. The Kier molecular flexibility index (Phi) is 8.18. The molecule has 0 saturated carbocycles. The maximum Gasteiger partial charge on any atom is 0.256 e. The van der Waals surface area contributed by atoms with Crippen LogP contribution < -0.4 is 15.0 Å². The average molecular weight is 526 g/mol. The van der Waals surface area contributed by atoms with E-state index in [2.05, 4.69) is 5.32 Å². The smallest absolute Gasteiger partial charge is 0.256 e. The molecule has 3 aromatic rings. The third-order valence-corrected chi connectivity index (χ3v) is 6.48. The van der Waals surface area contributed by atoms with Crippen LogP contribution in [0.1, 0.15) is 18.9 Å². The van der Waals surface area contributed by atoms with Gasteiger partial charge in [0.15, 0.2) is 5.11 Å². The number of benzene rings is 3. The van der Waals surface area contributed by atoms with Crippen molar-refractivity contribution in [3.8, 4) is 5.75 Å². The Morgan fingerprint density at radius 1 is 1.08 bits per heavy atom. The van der Waals surface area contributed by atoms with E-state index in [0.29, 0.717) is 40.7 Å². The van der Waals surface area contributed by atoms with Gasteiger partial charge in [0, 0.05) is 17.3 Å². The predicted molar refractivity (Wildman–Crippen MR) is 143 cm³/mol. The van der Waals surface area contributed by atoms with Crippen LogP contribution in [0.5, 0.6) is 5.75 Å². The second-order valence-corrected chi connectivity index (χ2v) is 8.99. The van der Waals surface area contributed by atoms with E-state index in [0.717, 1.165) is 0 Å². The van der Waals surface area contributed by atoms with E-state index < -0.39 is 6.04 Å². The summed E-state index contributed by atoms with van der Waals surface area (Å²) in [6, 6.07) is 19.4. The fraction of sp³-hybridized carbons (Fsp3) is 0.222. The summed E-state index contributed by atoms with van der Waals surface area (Å²) < 4.78 is 19.7. The number of carbonyl (C=O) groups excluding carboxylic acids is 2. The van der Waals surface area contributed by atoms with Gasteiger partial charge in [-0.1, -0.05) is 29.8 Å². The molecule has 2 amide bonds. The topological polar surface area (TPSA) is 61.9 Å². The normalized spacial score (nSPS) is 15.4. The molecule has 186 valence electrons. The lowest BCUT2D eigenvalue weighted by molar-refractivity contribution is -0.124. The minimum absolute atomic E-state index is 0.118. The van der Waals surface area contributed by atoms with Crippen LogP contribution in [0.25, 0.3) is 0 Å². The Morgan fingerprint density at radius 2 is 1.78 bits per heavy atom. The van der Waals surface area contributed by atoms with Gasteiger partial charge in [-0.15, -0.1) is 0 Å². The molecule has 4 rings (SSSR count). The van der Waals surface area contributed by atoms with Gasteiger partial charge in [0.2, 0.25) is 5.91 Å². The number of carbonyl (C=O) groups is 2. The molecular weight excluding hydrogens is 501 g/mol. The van der Waals surface area contributed by atoms with Gasteiger partial charge < -0.3 is 15.0 Å². The van der Waals surface area contributed by atoms with E-state index in [1.807, 2.05) is 6.92 Å². The SMILES string of the molecule is CCOc1ccc(NC(=O)C[C@@H]2C(=O)N(c3ccc(Cl)cc3)C(=S)N2CCc2ccccc2F)cc1. The Balaban J connectivity index is 1.53. The molecule has 1 N–H and O–H groups in total. The molecule has 0 aliphatic carbocycles. The highest BCUT2D eigenvalue weighted by Gasteiger charge is 2.44. The summed E-state index contributed by atoms with van der Waals surface area (Å²) in [4.78, 5) is 29.5. The molecular formula is C27H25ClFN3O3S. The lowest BCUT2D eigenvalue weighted by atomic mass is 10.1. The van der Waals surface area contributed by atoms with Gasteiger partial charge in [-0.2, -0.15) is 0 Å². The van der Waals surface area contributed by atoms with Crippen molar-refractivity contribution >= 4 is 52.1 Å². The highest BCUT2D eigenvalue weighted by atomic mass is 35.5. The van der Waals surface area contributed by atoms with E-state index in [4.69, 9.17) is 28.6 Å². The van der Waals surface area contributed by atoms with E-state index >= 15 is 0 Å². The molecule has 1 heterocycles. The molecule has 1 aliphatic heterocycles. The Labute approximate surface area is 219 Å². The molecule has 6 nitrogen and oxygen atoms in total. The maximum atomic E-state index is 14.2. The van der Waals surface area contributed by atoms with E-state index in [1.165, 1.54) is 11.0 Å². The number of amides is 2. The van der Waals surface area contributed by atoms with E-state index in [1.54, 1.807) is 71.6 Å². The molecule has 3 aromatic carbocycles. The first-order valence-corrected chi connectivity index (χ1v) is 12.3. The number of nitrogens with zero attached hydrogens (tertiary/aromatic N) is 2. The quantitative estimate of drug-likeness (QED) is 0.376. The molecule has 9 heteroatoms. The molecule has 1 fully saturated rings. The second-order valence-electron chi connectivity index (χ2n) is 8.19. The zero-order chi connectivity index (χ0) is 25.7. The molecule has 1 aliphatic rings. The van der Waals surface area contributed by atoms with Crippen molar-refractivity contribution < 1.29 is 18.7 Å². The first-order chi connectivity index (χ1) is 17.4. The zero-order valence-electron chi connectivity index (χ0n) is 19.6. The summed E-state index contributed by atoms with van der Waals surface area (Å²) in [7, 11) is 0. The number of thiocarbonyl (C=S) groups is 1. The van der Waals surface area contributed by atoms with Crippen LogP contribution in [-0.2, 0) is 16.0 Å². The van der Waals surface area contributed by atoms with Crippen molar-refractivity contribution in [2.45, 2.75) is 25.8 Å². The van der Waals surface area contributed by atoms with Crippen molar-refractivity contribution in [1.82, 2.24) is 4.90 Å². The third kappa shape index (κ3) is 5.83. The number of hydrogen-bond donors (Lipinski definition) is 1. The van der Waals surface area contributed by atoms with Gasteiger partial charge in [0.1, 0.15) is 17.6 Å². The third-order valence-electron chi connectivity index (χ3n) is 5.81. The largest absolute Gasteiger partial charge is 0.494 e. The summed E-state index contributed by atoms with van der Waals surface area (Å²) in [5, 5.41) is 3.61. The lowest BCUT2D eigenvalue weighted by Gasteiger charge is -2.24. The molecule has 0 spiro atoms. The number of anilines is 2. The van der Waals surface area contributed by atoms with Gasteiger partial charge >= 0.3 is 0 Å². The minimum Gasteiger partial charge on any atom is -0.494 e. The monoisotopic (exact) mass is 525 g/mol. The van der Waals surface area contributed by atoms with Crippen LogP contribution >= 0.6 is 23.8 Å². The summed E-state index contributed by atoms with van der Waals surface area (Å²) in [5.41, 5.74) is 1.65. The van der Waals surface area contributed by atoms with Gasteiger partial charge in [0.25, 0.3) is 5.91 Å². The maximum absolute atomic E-state index is 14.2. The van der Waals surface area contributed by atoms with E-state index in [-0.39, 0.29) is 35.7 Å². The first-order valence-electron chi connectivity index (χ1n) is 11.5.